The van der Waals surface area contributed by atoms with E-state index in [1.165, 1.54) is 19.3 Å². The second-order valence-corrected chi connectivity index (χ2v) is 5.15. The van der Waals surface area contributed by atoms with Crippen LogP contribution in [0.4, 0.5) is 6.01 Å². The van der Waals surface area contributed by atoms with Gasteiger partial charge in [0, 0.05) is 25.4 Å². The zero-order chi connectivity index (χ0) is 11.0. The normalized spacial score (nSPS) is 28.7. The zero-order valence-electron chi connectivity index (χ0n) is 9.23. The summed E-state index contributed by atoms with van der Waals surface area (Å²) in [7, 11) is 0. The predicted molar refractivity (Wildman–Crippen MR) is 61.8 cm³/mol. The Labute approximate surface area is 100.0 Å². The van der Waals surface area contributed by atoms with Crippen LogP contribution in [0.1, 0.15) is 25.2 Å². The Balaban J connectivity index is 1.68. The summed E-state index contributed by atoms with van der Waals surface area (Å²) in [6.07, 6.45) is 4.79. The number of alkyl halides is 1. The maximum absolute atomic E-state index is 5.64. The van der Waals surface area contributed by atoms with Crippen molar-refractivity contribution in [2.75, 3.05) is 23.9 Å². The standard InChI is InChI=1S/C11H16ClN3O/c12-5-4-10-13-14-11(16-10)15-6-8-2-1-3-9(8)7-15/h8-9H,1-7H2. The van der Waals surface area contributed by atoms with Crippen LogP contribution < -0.4 is 4.90 Å². The maximum atomic E-state index is 5.64. The number of rotatable bonds is 3. The van der Waals surface area contributed by atoms with Gasteiger partial charge in [0.15, 0.2) is 0 Å². The van der Waals surface area contributed by atoms with Crippen molar-refractivity contribution in [3.8, 4) is 0 Å². The summed E-state index contributed by atoms with van der Waals surface area (Å²) in [5.74, 6) is 2.89. The average Bonchev–Trinajstić information content (AvgIpc) is 2.88. The van der Waals surface area contributed by atoms with Crippen LogP contribution in [0.15, 0.2) is 4.42 Å². The predicted octanol–water partition coefficient (Wildman–Crippen LogP) is 2.09. The van der Waals surface area contributed by atoms with Gasteiger partial charge in [-0.25, -0.2) is 0 Å². The topological polar surface area (TPSA) is 42.2 Å². The largest absolute Gasteiger partial charge is 0.408 e. The number of aromatic nitrogens is 2. The summed E-state index contributed by atoms with van der Waals surface area (Å²) < 4.78 is 5.59. The van der Waals surface area contributed by atoms with Crippen molar-refractivity contribution in [1.29, 1.82) is 0 Å². The quantitative estimate of drug-likeness (QED) is 0.760. The van der Waals surface area contributed by atoms with Gasteiger partial charge in [0.2, 0.25) is 5.89 Å². The van der Waals surface area contributed by atoms with Gasteiger partial charge in [-0.2, -0.15) is 0 Å². The molecule has 0 amide bonds. The van der Waals surface area contributed by atoms with E-state index < -0.39 is 0 Å². The van der Waals surface area contributed by atoms with Crippen LogP contribution in [0.2, 0.25) is 0 Å². The third kappa shape index (κ3) is 1.79. The second kappa shape index (κ2) is 4.24. The molecule has 16 heavy (non-hydrogen) atoms. The van der Waals surface area contributed by atoms with Crippen LogP contribution in [0, 0.1) is 11.8 Å². The maximum Gasteiger partial charge on any atom is 0.318 e. The van der Waals surface area contributed by atoms with E-state index in [4.69, 9.17) is 16.0 Å². The van der Waals surface area contributed by atoms with Crippen molar-refractivity contribution in [3.05, 3.63) is 5.89 Å². The molecule has 2 heterocycles. The average molecular weight is 242 g/mol. The van der Waals surface area contributed by atoms with E-state index in [0.717, 1.165) is 24.9 Å². The summed E-state index contributed by atoms with van der Waals surface area (Å²) in [6, 6.07) is 0.689. The van der Waals surface area contributed by atoms with Crippen molar-refractivity contribution >= 4 is 17.6 Å². The molecule has 88 valence electrons. The number of hydrogen-bond donors (Lipinski definition) is 0. The Morgan fingerprint density at radius 3 is 2.69 bits per heavy atom. The summed E-state index contributed by atoms with van der Waals surface area (Å²) in [4.78, 5) is 2.24. The van der Waals surface area contributed by atoms with Gasteiger partial charge in [0.05, 0.1) is 0 Å². The lowest BCUT2D eigenvalue weighted by atomic mass is 10.0. The van der Waals surface area contributed by atoms with Crippen LogP contribution in [0.3, 0.4) is 0 Å². The van der Waals surface area contributed by atoms with Gasteiger partial charge in [-0.05, 0) is 24.7 Å². The summed E-state index contributed by atoms with van der Waals surface area (Å²) in [5, 5.41) is 8.10. The highest BCUT2D eigenvalue weighted by Gasteiger charge is 2.37. The Bertz CT molecular complexity index is 356. The van der Waals surface area contributed by atoms with Crippen LogP contribution in [-0.4, -0.2) is 29.2 Å². The van der Waals surface area contributed by atoms with Crippen LogP contribution in [-0.2, 0) is 6.42 Å². The number of nitrogens with zero attached hydrogens (tertiary/aromatic N) is 3. The van der Waals surface area contributed by atoms with Gasteiger partial charge < -0.3 is 9.32 Å². The molecule has 0 bridgehead atoms. The molecule has 3 rings (SSSR count). The van der Waals surface area contributed by atoms with E-state index in [-0.39, 0.29) is 0 Å². The Morgan fingerprint density at radius 1 is 1.25 bits per heavy atom. The van der Waals surface area contributed by atoms with E-state index in [1.54, 1.807) is 0 Å². The van der Waals surface area contributed by atoms with Gasteiger partial charge in [-0.3, -0.25) is 0 Å². The van der Waals surface area contributed by atoms with Crippen molar-refractivity contribution in [2.24, 2.45) is 11.8 Å². The van der Waals surface area contributed by atoms with Crippen molar-refractivity contribution < 1.29 is 4.42 Å². The molecule has 4 nitrogen and oxygen atoms in total. The summed E-state index contributed by atoms with van der Waals surface area (Å²) in [5.41, 5.74) is 0. The fourth-order valence-electron chi connectivity index (χ4n) is 2.95. The first-order valence-electron chi connectivity index (χ1n) is 6.00. The molecule has 1 aromatic rings. The first-order chi connectivity index (χ1) is 7.86. The monoisotopic (exact) mass is 241 g/mol. The van der Waals surface area contributed by atoms with Gasteiger partial charge in [-0.1, -0.05) is 11.5 Å². The van der Waals surface area contributed by atoms with Crippen molar-refractivity contribution in [2.45, 2.75) is 25.7 Å². The Hall–Kier alpha value is -0.770. The molecular formula is C11H16ClN3O. The highest BCUT2D eigenvalue weighted by atomic mass is 35.5. The second-order valence-electron chi connectivity index (χ2n) is 4.77. The molecule has 1 aliphatic heterocycles. The van der Waals surface area contributed by atoms with Gasteiger partial charge in [0.25, 0.3) is 0 Å². The SMILES string of the molecule is ClCCc1nnc(N2CC3CCCC3C2)o1. The van der Waals surface area contributed by atoms with Crippen LogP contribution in [0.25, 0.3) is 0 Å². The lowest BCUT2D eigenvalue weighted by molar-refractivity contribution is 0.492. The highest BCUT2D eigenvalue weighted by Crippen LogP contribution is 2.39. The minimum Gasteiger partial charge on any atom is -0.408 e. The first-order valence-corrected chi connectivity index (χ1v) is 6.53. The van der Waals surface area contributed by atoms with E-state index in [9.17, 15) is 0 Å². The highest BCUT2D eigenvalue weighted by molar-refractivity contribution is 6.17. The lowest BCUT2D eigenvalue weighted by Crippen LogP contribution is -2.20. The van der Waals surface area contributed by atoms with Gasteiger partial charge in [0.1, 0.15) is 0 Å². The van der Waals surface area contributed by atoms with Crippen LogP contribution >= 0.6 is 11.6 Å². The minimum atomic E-state index is 0.535. The smallest absolute Gasteiger partial charge is 0.318 e. The zero-order valence-corrected chi connectivity index (χ0v) is 9.99. The number of aryl methyl sites for hydroxylation is 1. The molecule has 2 fully saturated rings. The van der Waals surface area contributed by atoms with E-state index in [2.05, 4.69) is 15.1 Å². The van der Waals surface area contributed by atoms with Gasteiger partial charge in [-0.15, -0.1) is 16.7 Å². The van der Waals surface area contributed by atoms with E-state index >= 15 is 0 Å². The molecule has 1 aliphatic carbocycles. The molecule has 2 unspecified atom stereocenters. The molecule has 1 saturated heterocycles. The van der Waals surface area contributed by atoms with Crippen molar-refractivity contribution in [3.63, 3.8) is 0 Å². The molecule has 0 aromatic carbocycles. The van der Waals surface area contributed by atoms with E-state index in [0.29, 0.717) is 24.2 Å². The number of hydrogen-bond acceptors (Lipinski definition) is 4. The lowest BCUT2D eigenvalue weighted by Gasteiger charge is -2.12. The minimum absolute atomic E-state index is 0.535. The molecular weight excluding hydrogens is 226 g/mol. The van der Waals surface area contributed by atoms with Gasteiger partial charge >= 0.3 is 6.01 Å². The number of fused-ring (bicyclic) bond motifs is 1. The Morgan fingerprint density at radius 2 is 2.00 bits per heavy atom. The molecule has 0 N–H and O–H groups in total. The number of halogens is 1. The third-order valence-corrected chi connectivity index (χ3v) is 3.95. The summed E-state index contributed by atoms with van der Waals surface area (Å²) >= 11 is 5.64. The summed E-state index contributed by atoms with van der Waals surface area (Å²) in [6.45, 7) is 2.18. The molecule has 1 aromatic heterocycles. The number of anilines is 1. The molecule has 2 aliphatic rings. The first kappa shape index (κ1) is 10.4. The molecule has 0 radical (unpaired) electrons. The fourth-order valence-corrected chi connectivity index (χ4v) is 3.11. The fraction of sp³-hybridized carbons (Fsp3) is 0.818. The van der Waals surface area contributed by atoms with E-state index in [1.807, 2.05) is 0 Å². The third-order valence-electron chi connectivity index (χ3n) is 3.76. The molecule has 2 atom stereocenters. The Kier molecular flexibility index (Phi) is 2.75. The van der Waals surface area contributed by atoms with Crippen LogP contribution in [0.5, 0.6) is 0 Å². The van der Waals surface area contributed by atoms with Crippen molar-refractivity contribution in [1.82, 2.24) is 10.2 Å². The molecule has 1 saturated carbocycles. The molecule has 5 heteroatoms. The molecule has 0 spiro atoms.